The number of aromatic carboxylic acids is 1. The zero-order chi connectivity index (χ0) is 29.4. The summed E-state index contributed by atoms with van der Waals surface area (Å²) >= 11 is 0. The van der Waals surface area contributed by atoms with Gasteiger partial charge in [0.05, 0.1) is 5.52 Å². The maximum Gasteiger partial charge on any atom is 0.358 e. The van der Waals surface area contributed by atoms with Gasteiger partial charge in [-0.3, -0.25) is 4.79 Å². The topological polar surface area (TPSA) is 129 Å². The van der Waals surface area contributed by atoms with E-state index in [0.29, 0.717) is 5.52 Å². The van der Waals surface area contributed by atoms with Crippen molar-refractivity contribution < 1.29 is 33.1 Å². The van der Waals surface area contributed by atoms with E-state index in [2.05, 4.69) is 10.3 Å². The van der Waals surface area contributed by atoms with Gasteiger partial charge in [0.2, 0.25) is 11.8 Å². The van der Waals surface area contributed by atoms with Crippen LogP contribution in [-0.4, -0.2) is 37.2 Å². The molecule has 41 heavy (non-hydrogen) atoms. The first kappa shape index (κ1) is 27.6. The van der Waals surface area contributed by atoms with E-state index in [1.165, 1.54) is 31.3 Å². The molecule has 0 unspecified atom stereocenters. The number of carbonyl (C=O) groups is 3. The van der Waals surface area contributed by atoms with E-state index in [9.17, 15) is 23.9 Å². The molecule has 3 heterocycles. The molecule has 2 N–H and O–H groups in total. The summed E-state index contributed by atoms with van der Waals surface area (Å²) in [6.45, 7) is 4.89. The molecule has 0 aliphatic rings. The van der Waals surface area contributed by atoms with Crippen molar-refractivity contribution >= 4 is 39.7 Å². The second-order valence-corrected chi connectivity index (χ2v) is 10.3. The fourth-order valence-corrected chi connectivity index (χ4v) is 5.05. The van der Waals surface area contributed by atoms with Crippen molar-refractivity contribution in [1.82, 2.24) is 19.6 Å². The SMILES string of the molecule is Cc1oc([C@@H](Cc2cn(C)c3ccccc23)NC(=O)[C@@H](C(=O)On2ccc3c(F)cccc32)C(C)C)nc1C(=O)O. The van der Waals surface area contributed by atoms with E-state index in [0.717, 1.165) is 21.2 Å². The van der Waals surface area contributed by atoms with Crippen LogP contribution in [0.4, 0.5) is 4.39 Å². The molecule has 5 aromatic rings. The fraction of sp³-hybridized carbons (Fsp3) is 0.267. The molecule has 11 heteroatoms. The highest BCUT2D eigenvalue weighted by Gasteiger charge is 2.35. The Labute approximate surface area is 234 Å². The molecule has 0 spiro atoms. The molecule has 1 amide bonds. The molecule has 2 atom stereocenters. The van der Waals surface area contributed by atoms with Gasteiger partial charge in [0.15, 0.2) is 5.69 Å². The summed E-state index contributed by atoms with van der Waals surface area (Å²) in [6, 6.07) is 12.7. The van der Waals surface area contributed by atoms with Crippen molar-refractivity contribution in [3.05, 3.63) is 89.7 Å². The average molecular weight is 561 g/mol. The minimum atomic E-state index is -1.26. The van der Waals surface area contributed by atoms with Gasteiger partial charge in [-0.15, -0.1) is 0 Å². The minimum Gasteiger partial charge on any atom is -0.476 e. The van der Waals surface area contributed by atoms with Crippen LogP contribution in [-0.2, 0) is 23.1 Å². The summed E-state index contributed by atoms with van der Waals surface area (Å²) in [7, 11) is 1.90. The molecule has 0 saturated heterocycles. The molecule has 10 nitrogen and oxygen atoms in total. The van der Waals surface area contributed by atoms with Crippen LogP contribution in [0, 0.1) is 24.6 Å². The van der Waals surface area contributed by atoms with Gasteiger partial charge in [-0.2, -0.15) is 4.73 Å². The first-order valence-corrected chi connectivity index (χ1v) is 13.1. The number of benzene rings is 2. The minimum absolute atomic E-state index is 0.00364. The number of hydrogen-bond donors (Lipinski definition) is 2. The quantitative estimate of drug-likeness (QED) is 0.252. The van der Waals surface area contributed by atoms with Gasteiger partial charge in [0, 0.05) is 42.2 Å². The zero-order valence-corrected chi connectivity index (χ0v) is 22.9. The third kappa shape index (κ3) is 5.30. The number of amides is 1. The Bertz CT molecular complexity index is 1780. The Kier molecular flexibility index (Phi) is 7.36. The molecule has 212 valence electrons. The highest BCUT2D eigenvalue weighted by molar-refractivity contribution is 5.98. The number of rotatable bonds is 9. The molecule has 0 bridgehead atoms. The van der Waals surface area contributed by atoms with Crippen molar-refractivity contribution in [2.45, 2.75) is 33.2 Å². The number of nitrogens with one attached hydrogen (secondary N) is 1. The number of oxazole rings is 1. The van der Waals surface area contributed by atoms with Crippen molar-refractivity contribution in [3.63, 3.8) is 0 Å². The fourth-order valence-electron chi connectivity index (χ4n) is 5.05. The number of carboxylic acid groups (broad SMARTS) is 1. The van der Waals surface area contributed by atoms with E-state index >= 15 is 0 Å². The predicted molar refractivity (Wildman–Crippen MR) is 148 cm³/mol. The summed E-state index contributed by atoms with van der Waals surface area (Å²) < 4.78 is 22.9. The van der Waals surface area contributed by atoms with Crippen LogP contribution in [0.5, 0.6) is 0 Å². The van der Waals surface area contributed by atoms with Gasteiger partial charge < -0.3 is 24.2 Å². The third-order valence-corrected chi connectivity index (χ3v) is 7.07. The molecule has 0 fully saturated rings. The number of halogens is 1. The number of aromatic nitrogens is 3. The average Bonchev–Trinajstić information content (AvgIpc) is 3.60. The molecule has 0 aliphatic carbocycles. The lowest BCUT2D eigenvalue weighted by Crippen LogP contribution is -2.43. The number of hydrogen-bond acceptors (Lipinski definition) is 6. The first-order chi connectivity index (χ1) is 19.5. The van der Waals surface area contributed by atoms with Crippen LogP contribution < -0.4 is 10.2 Å². The third-order valence-electron chi connectivity index (χ3n) is 7.07. The highest BCUT2D eigenvalue weighted by atomic mass is 19.1. The van der Waals surface area contributed by atoms with Gasteiger partial charge in [-0.1, -0.05) is 38.1 Å². The largest absolute Gasteiger partial charge is 0.476 e. The van der Waals surface area contributed by atoms with Crippen LogP contribution in [0.15, 0.2) is 65.3 Å². The summed E-state index contributed by atoms with van der Waals surface area (Å²) in [5, 5.41) is 13.6. The van der Waals surface area contributed by atoms with Crippen molar-refractivity contribution in [2.75, 3.05) is 0 Å². The molecule has 0 radical (unpaired) electrons. The summed E-state index contributed by atoms with van der Waals surface area (Å²) in [4.78, 5) is 48.3. The standard InChI is InChI=1S/C30H29FN4O6/c1-16(2)25(30(39)41-35-13-12-20-21(31)9-7-11-24(20)35)27(36)32-22(28-33-26(29(37)38)17(3)40-28)14-18-15-34(4)23-10-6-5-8-19(18)23/h5-13,15-16,22,25H,14H2,1-4H3,(H,32,36)(H,37,38)/t22-,25+/m1/s1. The maximum absolute atomic E-state index is 14.1. The zero-order valence-electron chi connectivity index (χ0n) is 22.9. The first-order valence-electron chi connectivity index (χ1n) is 13.1. The Morgan fingerprint density at radius 3 is 2.51 bits per heavy atom. The molecule has 0 aliphatic heterocycles. The normalized spacial score (nSPS) is 13.0. The molecule has 0 saturated carbocycles. The van der Waals surface area contributed by atoms with E-state index in [-0.39, 0.29) is 29.2 Å². The molecule has 5 rings (SSSR count). The van der Waals surface area contributed by atoms with Crippen LogP contribution in [0.25, 0.3) is 21.8 Å². The van der Waals surface area contributed by atoms with Gasteiger partial charge in [0.25, 0.3) is 0 Å². The second-order valence-electron chi connectivity index (χ2n) is 10.3. The maximum atomic E-state index is 14.1. The summed E-state index contributed by atoms with van der Waals surface area (Å²) in [6.07, 6.45) is 3.54. The van der Waals surface area contributed by atoms with Crippen molar-refractivity contribution in [3.8, 4) is 0 Å². The second kappa shape index (κ2) is 10.9. The lowest BCUT2D eigenvalue weighted by Gasteiger charge is -2.22. The van der Waals surface area contributed by atoms with Crippen LogP contribution >= 0.6 is 0 Å². The Hall–Kier alpha value is -4.93. The smallest absolute Gasteiger partial charge is 0.358 e. The molecule has 3 aromatic heterocycles. The number of nitrogens with zero attached hydrogens (tertiary/aromatic N) is 3. The van der Waals surface area contributed by atoms with Crippen LogP contribution in [0.3, 0.4) is 0 Å². The Morgan fingerprint density at radius 1 is 1.07 bits per heavy atom. The molecular formula is C30H29FN4O6. The van der Waals surface area contributed by atoms with Gasteiger partial charge in [-0.25, -0.2) is 19.0 Å². The lowest BCUT2D eigenvalue weighted by atomic mass is 9.94. The molecule has 2 aromatic carbocycles. The summed E-state index contributed by atoms with van der Waals surface area (Å²) in [5.41, 5.74) is 1.92. The Morgan fingerprint density at radius 2 is 1.80 bits per heavy atom. The highest BCUT2D eigenvalue weighted by Crippen LogP contribution is 2.28. The van der Waals surface area contributed by atoms with Gasteiger partial charge in [0.1, 0.15) is 23.5 Å². The number of carbonyl (C=O) groups excluding carboxylic acids is 2. The van der Waals surface area contributed by atoms with Crippen molar-refractivity contribution in [1.29, 1.82) is 0 Å². The molecular weight excluding hydrogens is 531 g/mol. The van der Waals surface area contributed by atoms with Gasteiger partial charge in [-0.05, 0) is 42.7 Å². The lowest BCUT2D eigenvalue weighted by molar-refractivity contribution is -0.154. The Balaban J connectivity index is 1.46. The van der Waals surface area contributed by atoms with E-state index in [1.54, 1.807) is 19.9 Å². The number of aryl methyl sites for hydroxylation is 2. The number of carboxylic acids is 1. The van der Waals surface area contributed by atoms with E-state index in [1.807, 2.05) is 42.1 Å². The van der Waals surface area contributed by atoms with E-state index < -0.39 is 41.5 Å². The van der Waals surface area contributed by atoms with Crippen LogP contribution in [0.2, 0.25) is 0 Å². The predicted octanol–water partition coefficient (Wildman–Crippen LogP) is 4.59. The number of para-hydroxylation sites is 1. The summed E-state index contributed by atoms with van der Waals surface area (Å²) in [5.74, 6) is -4.82. The monoisotopic (exact) mass is 560 g/mol. The van der Waals surface area contributed by atoms with E-state index in [4.69, 9.17) is 9.25 Å². The number of fused-ring (bicyclic) bond motifs is 2. The van der Waals surface area contributed by atoms with Crippen LogP contribution in [0.1, 0.15) is 47.6 Å². The van der Waals surface area contributed by atoms with Gasteiger partial charge >= 0.3 is 11.9 Å². The van der Waals surface area contributed by atoms with Crippen molar-refractivity contribution in [2.24, 2.45) is 18.9 Å².